The lowest BCUT2D eigenvalue weighted by atomic mass is 10.1. The zero-order valence-corrected chi connectivity index (χ0v) is 18.5. The Balaban J connectivity index is 1.58. The highest BCUT2D eigenvalue weighted by molar-refractivity contribution is 7.92. The predicted octanol–water partition coefficient (Wildman–Crippen LogP) is 3.94. The number of benzene rings is 2. The molecule has 0 atom stereocenters. The van der Waals surface area contributed by atoms with E-state index in [1.165, 1.54) is 12.3 Å². The largest absolute Gasteiger partial charge is 0.459 e. The smallest absolute Gasteiger partial charge is 0.293 e. The van der Waals surface area contributed by atoms with Crippen LogP contribution in [0.15, 0.2) is 64.1 Å². The molecule has 0 aliphatic carbocycles. The van der Waals surface area contributed by atoms with Crippen LogP contribution in [0.2, 0.25) is 0 Å². The second kappa shape index (κ2) is 8.51. The molecule has 4 rings (SSSR count). The molecule has 0 saturated heterocycles. The summed E-state index contributed by atoms with van der Waals surface area (Å²) in [4.78, 5) is 26.0. The van der Waals surface area contributed by atoms with E-state index < -0.39 is 10.0 Å². The van der Waals surface area contributed by atoms with Crippen molar-refractivity contribution in [2.24, 2.45) is 0 Å². The van der Waals surface area contributed by atoms with E-state index in [-0.39, 0.29) is 22.5 Å². The molecule has 32 heavy (non-hydrogen) atoms. The molecule has 2 heterocycles. The van der Waals surface area contributed by atoms with E-state index in [0.717, 1.165) is 5.56 Å². The maximum Gasteiger partial charge on any atom is 0.293 e. The van der Waals surface area contributed by atoms with Crippen molar-refractivity contribution in [2.75, 3.05) is 21.5 Å². The van der Waals surface area contributed by atoms with Gasteiger partial charge in [0.2, 0.25) is 5.91 Å². The molecule has 8 nitrogen and oxygen atoms in total. The van der Waals surface area contributed by atoms with Crippen molar-refractivity contribution in [2.45, 2.75) is 31.6 Å². The van der Waals surface area contributed by atoms with Gasteiger partial charge in [-0.05, 0) is 66.9 Å². The molecule has 2 N–H and O–H groups in total. The Morgan fingerprint density at radius 1 is 1.09 bits per heavy atom. The van der Waals surface area contributed by atoms with Crippen LogP contribution in [-0.2, 0) is 21.2 Å². The van der Waals surface area contributed by atoms with Crippen molar-refractivity contribution < 1.29 is 22.4 Å². The predicted molar refractivity (Wildman–Crippen MR) is 121 cm³/mol. The van der Waals surface area contributed by atoms with Gasteiger partial charge in [0.15, 0.2) is 5.76 Å². The van der Waals surface area contributed by atoms with E-state index in [0.29, 0.717) is 42.0 Å². The number of aryl methyl sites for hydroxylation is 1. The molecule has 0 saturated carbocycles. The van der Waals surface area contributed by atoms with Crippen LogP contribution in [0.1, 0.15) is 35.0 Å². The van der Waals surface area contributed by atoms with Crippen LogP contribution < -0.4 is 14.9 Å². The molecule has 0 unspecified atom stereocenters. The van der Waals surface area contributed by atoms with Gasteiger partial charge in [0.1, 0.15) is 0 Å². The molecule has 3 aromatic rings. The lowest BCUT2D eigenvalue weighted by Gasteiger charge is -2.17. The molecule has 1 aliphatic heterocycles. The summed E-state index contributed by atoms with van der Waals surface area (Å²) in [5.74, 6) is -0.186. The fraction of sp³-hybridized carbons (Fsp3) is 0.217. The molecule has 1 aliphatic rings. The molecule has 2 amide bonds. The molecular weight excluding hydrogens is 430 g/mol. The molecule has 0 spiro atoms. The summed E-state index contributed by atoms with van der Waals surface area (Å²) in [5, 5.41) is 2.72. The maximum absolute atomic E-state index is 13.0. The van der Waals surface area contributed by atoms with Crippen LogP contribution in [0.5, 0.6) is 0 Å². The van der Waals surface area contributed by atoms with Crippen LogP contribution in [0, 0.1) is 6.92 Å². The van der Waals surface area contributed by atoms with Gasteiger partial charge in [0.05, 0.1) is 16.8 Å². The summed E-state index contributed by atoms with van der Waals surface area (Å²) in [6.45, 7) is 3.91. The first-order valence-electron chi connectivity index (χ1n) is 10.2. The Bertz CT molecular complexity index is 1280. The SMILES string of the molecule is CCC(=O)Nc1ccc(S(=O)(=O)Nc2ccc3c(c2)N(C(=O)c2ccco2)CC3)c(C)c1. The second-order valence-electron chi connectivity index (χ2n) is 7.52. The zero-order chi connectivity index (χ0) is 22.9. The summed E-state index contributed by atoms with van der Waals surface area (Å²) in [5.41, 5.74) is 3.01. The van der Waals surface area contributed by atoms with E-state index in [1.807, 2.05) is 6.07 Å². The number of fused-ring (bicyclic) bond motifs is 1. The van der Waals surface area contributed by atoms with E-state index in [1.54, 1.807) is 55.1 Å². The van der Waals surface area contributed by atoms with Crippen molar-refractivity contribution in [1.29, 1.82) is 0 Å². The number of sulfonamides is 1. The number of anilines is 3. The highest BCUT2D eigenvalue weighted by Gasteiger charge is 2.28. The quantitative estimate of drug-likeness (QED) is 0.588. The highest BCUT2D eigenvalue weighted by Crippen LogP contribution is 2.33. The summed E-state index contributed by atoms with van der Waals surface area (Å²) < 4.78 is 33.9. The average Bonchev–Trinajstić information content (AvgIpc) is 3.43. The third-order valence-electron chi connectivity index (χ3n) is 5.28. The number of nitrogens with one attached hydrogen (secondary N) is 2. The minimum atomic E-state index is -3.88. The second-order valence-corrected chi connectivity index (χ2v) is 9.17. The van der Waals surface area contributed by atoms with Gasteiger partial charge < -0.3 is 14.6 Å². The standard InChI is InChI=1S/C23H23N3O5S/c1-3-22(27)24-17-8-9-21(15(2)13-17)32(29,30)25-18-7-6-16-10-11-26(19(16)14-18)23(28)20-5-4-12-31-20/h4-9,12-14,25H,3,10-11H2,1-2H3,(H,24,27). The summed E-state index contributed by atoms with van der Waals surface area (Å²) in [6, 6.07) is 13.0. The third kappa shape index (κ3) is 4.24. The van der Waals surface area contributed by atoms with E-state index in [2.05, 4.69) is 10.0 Å². The van der Waals surface area contributed by atoms with Crippen LogP contribution in [0.3, 0.4) is 0 Å². The number of carbonyl (C=O) groups excluding carboxylic acids is 2. The molecule has 1 aromatic heterocycles. The fourth-order valence-electron chi connectivity index (χ4n) is 3.68. The number of rotatable bonds is 6. The number of furan rings is 1. The van der Waals surface area contributed by atoms with Gasteiger partial charge in [-0.2, -0.15) is 0 Å². The van der Waals surface area contributed by atoms with Crippen molar-refractivity contribution >= 4 is 38.9 Å². The summed E-state index contributed by atoms with van der Waals surface area (Å²) >= 11 is 0. The average molecular weight is 454 g/mol. The van der Waals surface area contributed by atoms with Gasteiger partial charge in [-0.25, -0.2) is 8.42 Å². The minimum Gasteiger partial charge on any atom is -0.459 e. The fourth-order valence-corrected chi connectivity index (χ4v) is 4.95. The molecule has 0 radical (unpaired) electrons. The Morgan fingerprint density at radius 2 is 1.88 bits per heavy atom. The van der Waals surface area contributed by atoms with Crippen molar-refractivity contribution in [1.82, 2.24) is 0 Å². The Labute approximate surface area is 186 Å². The number of hydrogen-bond donors (Lipinski definition) is 2. The van der Waals surface area contributed by atoms with E-state index in [9.17, 15) is 18.0 Å². The van der Waals surface area contributed by atoms with Crippen LogP contribution >= 0.6 is 0 Å². The number of carbonyl (C=O) groups is 2. The summed E-state index contributed by atoms with van der Waals surface area (Å²) in [6.07, 6.45) is 2.45. The first kappa shape index (κ1) is 21.6. The number of nitrogens with zero attached hydrogens (tertiary/aromatic N) is 1. The Kier molecular flexibility index (Phi) is 5.75. The Morgan fingerprint density at radius 3 is 2.56 bits per heavy atom. The minimum absolute atomic E-state index is 0.107. The molecule has 166 valence electrons. The molecular formula is C23H23N3O5S. The first-order chi connectivity index (χ1) is 15.3. The lowest BCUT2D eigenvalue weighted by Crippen LogP contribution is -2.28. The monoisotopic (exact) mass is 453 g/mol. The number of hydrogen-bond acceptors (Lipinski definition) is 5. The van der Waals surface area contributed by atoms with Gasteiger partial charge in [0, 0.05) is 24.3 Å². The van der Waals surface area contributed by atoms with Crippen molar-refractivity contribution in [3.63, 3.8) is 0 Å². The topological polar surface area (TPSA) is 109 Å². The molecule has 2 aromatic carbocycles. The van der Waals surface area contributed by atoms with E-state index >= 15 is 0 Å². The third-order valence-corrected chi connectivity index (χ3v) is 6.82. The van der Waals surface area contributed by atoms with Crippen LogP contribution in [0.4, 0.5) is 17.1 Å². The van der Waals surface area contributed by atoms with Gasteiger partial charge in [-0.1, -0.05) is 13.0 Å². The molecule has 0 fully saturated rings. The van der Waals surface area contributed by atoms with Gasteiger partial charge >= 0.3 is 0 Å². The zero-order valence-electron chi connectivity index (χ0n) is 17.7. The molecule has 9 heteroatoms. The van der Waals surface area contributed by atoms with Crippen LogP contribution in [-0.4, -0.2) is 26.8 Å². The maximum atomic E-state index is 13.0. The molecule has 0 bridgehead atoms. The van der Waals surface area contributed by atoms with Crippen molar-refractivity contribution in [3.05, 3.63) is 71.7 Å². The van der Waals surface area contributed by atoms with Gasteiger partial charge in [-0.15, -0.1) is 0 Å². The van der Waals surface area contributed by atoms with E-state index in [4.69, 9.17) is 4.42 Å². The highest BCUT2D eigenvalue weighted by atomic mass is 32.2. The van der Waals surface area contributed by atoms with Crippen molar-refractivity contribution in [3.8, 4) is 0 Å². The van der Waals surface area contributed by atoms with Crippen LogP contribution in [0.25, 0.3) is 0 Å². The first-order valence-corrected chi connectivity index (χ1v) is 11.7. The number of amides is 2. The Hall–Kier alpha value is -3.59. The lowest BCUT2D eigenvalue weighted by molar-refractivity contribution is -0.115. The van der Waals surface area contributed by atoms with Gasteiger partial charge in [0.25, 0.3) is 15.9 Å². The normalized spacial score (nSPS) is 13.0. The summed E-state index contributed by atoms with van der Waals surface area (Å²) in [7, 11) is -3.88. The van der Waals surface area contributed by atoms with Gasteiger partial charge in [-0.3, -0.25) is 14.3 Å².